The highest BCUT2D eigenvalue weighted by Gasteiger charge is 2.10. The van der Waals surface area contributed by atoms with E-state index in [0.717, 1.165) is 0 Å². The standard InChI is InChI=1S/C12H16FNO2/c1-4-14(3)11(15)8-16-10-7-5-6-9(2)12(10)13/h5-7H,4,8H2,1-3H3. The number of amides is 1. The molecule has 16 heavy (non-hydrogen) atoms. The van der Waals surface area contributed by atoms with Gasteiger partial charge in [-0.3, -0.25) is 4.79 Å². The van der Waals surface area contributed by atoms with Crippen LogP contribution < -0.4 is 4.74 Å². The minimum atomic E-state index is -0.408. The van der Waals surface area contributed by atoms with E-state index in [1.54, 1.807) is 26.1 Å². The minimum Gasteiger partial charge on any atom is -0.481 e. The Morgan fingerprint density at radius 2 is 2.19 bits per heavy atom. The quantitative estimate of drug-likeness (QED) is 0.784. The molecule has 0 heterocycles. The van der Waals surface area contributed by atoms with E-state index in [1.165, 1.54) is 11.0 Å². The van der Waals surface area contributed by atoms with Crippen LogP contribution in [0.15, 0.2) is 18.2 Å². The lowest BCUT2D eigenvalue weighted by atomic mass is 10.2. The van der Waals surface area contributed by atoms with Crippen LogP contribution in [-0.2, 0) is 4.79 Å². The number of carbonyl (C=O) groups is 1. The summed E-state index contributed by atoms with van der Waals surface area (Å²) >= 11 is 0. The molecule has 0 unspecified atom stereocenters. The molecule has 0 saturated carbocycles. The molecule has 0 saturated heterocycles. The fourth-order valence-electron chi connectivity index (χ4n) is 1.16. The third kappa shape index (κ3) is 2.95. The number of hydrogen-bond acceptors (Lipinski definition) is 2. The normalized spacial score (nSPS) is 10.0. The summed E-state index contributed by atoms with van der Waals surface area (Å²) in [6.45, 7) is 4.00. The molecule has 0 atom stereocenters. The fraction of sp³-hybridized carbons (Fsp3) is 0.417. The predicted molar refractivity (Wildman–Crippen MR) is 59.9 cm³/mol. The molecule has 1 rings (SSSR count). The Kier molecular flexibility index (Phi) is 4.28. The van der Waals surface area contributed by atoms with E-state index in [4.69, 9.17) is 4.74 Å². The molecule has 0 radical (unpaired) electrons. The first-order valence-electron chi connectivity index (χ1n) is 5.18. The van der Waals surface area contributed by atoms with E-state index in [1.807, 2.05) is 6.92 Å². The maximum absolute atomic E-state index is 13.5. The van der Waals surface area contributed by atoms with Crippen molar-refractivity contribution in [1.29, 1.82) is 0 Å². The van der Waals surface area contributed by atoms with Crippen molar-refractivity contribution in [2.75, 3.05) is 20.2 Å². The molecule has 0 aliphatic heterocycles. The molecule has 0 aromatic heterocycles. The number of hydrogen-bond donors (Lipinski definition) is 0. The first-order valence-corrected chi connectivity index (χ1v) is 5.18. The van der Waals surface area contributed by atoms with Crippen LogP contribution in [0.4, 0.5) is 4.39 Å². The van der Waals surface area contributed by atoms with Gasteiger partial charge in [0, 0.05) is 13.6 Å². The molecular weight excluding hydrogens is 209 g/mol. The highest BCUT2D eigenvalue weighted by molar-refractivity contribution is 5.77. The highest BCUT2D eigenvalue weighted by Crippen LogP contribution is 2.19. The molecule has 4 heteroatoms. The molecule has 0 aliphatic carbocycles. The van der Waals surface area contributed by atoms with Crippen molar-refractivity contribution in [2.45, 2.75) is 13.8 Å². The molecule has 3 nitrogen and oxygen atoms in total. The highest BCUT2D eigenvalue weighted by atomic mass is 19.1. The Hall–Kier alpha value is -1.58. The number of nitrogens with zero attached hydrogens (tertiary/aromatic N) is 1. The van der Waals surface area contributed by atoms with Gasteiger partial charge in [-0.25, -0.2) is 4.39 Å². The molecular formula is C12H16FNO2. The van der Waals surface area contributed by atoms with E-state index < -0.39 is 5.82 Å². The lowest BCUT2D eigenvalue weighted by Crippen LogP contribution is -2.31. The number of likely N-dealkylation sites (N-methyl/N-ethyl adjacent to an activating group) is 1. The average Bonchev–Trinajstić information content (AvgIpc) is 2.29. The van der Waals surface area contributed by atoms with Crippen molar-refractivity contribution in [3.05, 3.63) is 29.6 Å². The van der Waals surface area contributed by atoms with E-state index in [0.29, 0.717) is 12.1 Å². The van der Waals surface area contributed by atoms with Crippen LogP contribution in [0.1, 0.15) is 12.5 Å². The van der Waals surface area contributed by atoms with Crippen LogP contribution in [0.5, 0.6) is 5.75 Å². The minimum absolute atomic E-state index is 0.123. The average molecular weight is 225 g/mol. The maximum Gasteiger partial charge on any atom is 0.260 e. The van der Waals surface area contributed by atoms with E-state index in [-0.39, 0.29) is 18.3 Å². The van der Waals surface area contributed by atoms with Crippen LogP contribution in [0.2, 0.25) is 0 Å². The van der Waals surface area contributed by atoms with Gasteiger partial charge in [-0.15, -0.1) is 0 Å². The smallest absolute Gasteiger partial charge is 0.260 e. The SMILES string of the molecule is CCN(C)C(=O)COc1cccc(C)c1F. The molecule has 0 spiro atoms. The third-order valence-corrected chi connectivity index (χ3v) is 2.41. The number of carbonyl (C=O) groups excluding carboxylic acids is 1. The van der Waals surface area contributed by atoms with Crippen molar-refractivity contribution in [3.8, 4) is 5.75 Å². The molecule has 0 bridgehead atoms. The van der Waals surface area contributed by atoms with Gasteiger partial charge in [-0.05, 0) is 25.5 Å². The summed E-state index contributed by atoms with van der Waals surface area (Å²) in [4.78, 5) is 12.9. The van der Waals surface area contributed by atoms with Crippen LogP contribution in [0, 0.1) is 12.7 Å². The Bertz CT molecular complexity index is 379. The van der Waals surface area contributed by atoms with Crippen molar-refractivity contribution in [3.63, 3.8) is 0 Å². The first kappa shape index (κ1) is 12.5. The van der Waals surface area contributed by atoms with Crippen LogP contribution >= 0.6 is 0 Å². The van der Waals surface area contributed by atoms with Crippen LogP contribution in [-0.4, -0.2) is 31.0 Å². The summed E-state index contributed by atoms with van der Waals surface area (Å²) in [5, 5.41) is 0. The lowest BCUT2D eigenvalue weighted by molar-refractivity contribution is -0.131. The van der Waals surface area contributed by atoms with Crippen molar-refractivity contribution in [2.24, 2.45) is 0 Å². The van der Waals surface area contributed by atoms with Gasteiger partial charge in [0.05, 0.1) is 0 Å². The fourth-order valence-corrected chi connectivity index (χ4v) is 1.16. The summed E-state index contributed by atoms with van der Waals surface area (Å²) in [6.07, 6.45) is 0. The van der Waals surface area contributed by atoms with Gasteiger partial charge in [0.15, 0.2) is 18.2 Å². The molecule has 0 aliphatic rings. The second-order valence-electron chi connectivity index (χ2n) is 3.58. The zero-order chi connectivity index (χ0) is 12.1. The second kappa shape index (κ2) is 5.49. The second-order valence-corrected chi connectivity index (χ2v) is 3.58. The van der Waals surface area contributed by atoms with Gasteiger partial charge < -0.3 is 9.64 Å². The third-order valence-electron chi connectivity index (χ3n) is 2.41. The summed E-state index contributed by atoms with van der Waals surface area (Å²) in [7, 11) is 1.68. The molecule has 88 valence electrons. The van der Waals surface area contributed by atoms with Crippen LogP contribution in [0.3, 0.4) is 0 Å². The predicted octanol–water partition coefficient (Wildman–Crippen LogP) is 1.99. The topological polar surface area (TPSA) is 29.5 Å². The number of benzene rings is 1. The zero-order valence-electron chi connectivity index (χ0n) is 9.79. The Labute approximate surface area is 94.8 Å². The Morgan fingerprint density at radius 3 is 2.81 bits per heavy atom. The number of aryl methyl sites for hydroxylation is 1. The van der Waals surface area contributed by atoms with E-state index in [2.05, 4.69) is 0 Å². The first-order chi connectivity index (χ1) is 7.56. The van der Waals surface area contributed by atoms with Crippen molar-refractivity contribution in [1.82, 2.24) is 4.90 Å². The number of halogens is 1. The summed E-state index contributed by atoms with van der Waals surface area (Å²) in [5.74, 6) is -0.448. The van der Waals surface area contributed by atoms with Gasteiger partial charge in [0.2, 0.25) is 0 Å². The zero-order valence-corrected chi connectivity index (χ0v) is 9.79. The van der Waals surface area contributed by atoms with Gasteiger partial charge in [0.25, 0.3) is 5.91 Å². The van der Waals surface area contributed by atoms with E-state index >= 15 is 0 Å². The van der Waals surface area contributed by atoms with Crippen molar-refractivity contribution < 1.29 is 13.9 Å². The largest absolute Gasteiger partial charge is 0.481 e. The summed E-state index contributed by atoms with van der Waals surface area (Å²) in [6, 6.07) is 4.87. The van der Waals surface area contributed by atoms with Gasteiger partial charge in [0.1, 0.15) is 0 Å². The maximum atomic E-state index is 13.5. The number of ether oxygens (including phenoxy) is 1. The Morgan fingerprint density at radius 1 is 1.50 bits per heavy atom. The van der Waals surface area contributed by atoms with Gasteiger partial charge in [-0.1, -0.05) is 12.1 Å². The molecule has 0 fully saturated rings. The monoisotopic (exact) mass is 225 g/mol. The van der Waals surface area contributed by atoms with E-state index in [9.17, 15) is 9.18 Å². The molecule has 1 aromatic carbocycles. The Balaban J connectivity index is 2.61. The van der Waals surface area contributed by atoms with Crippen molar-refractivity contribution >= 4 is 5.91 Å². The summed E-state index contributed by atoms with van der Waals surface area (Å²) < 4.78 is 18.6. The van der Waals surface area contributed by atoms with Crippen LogP contribution in [0.25, 0.3) is 0 Å². The molecule has 1 amide bonds. The molecule has 1 aromatic rings. The lowest BCUT2D eigenvalue weighted by Gasteiger charge is -2.15. The molecule has 0 N–H and O–H groups in total. The van der Waals surface area contributed by atoms with Gasteiger partial charge in [-0.2, -0.15) is 0 Å². The van der Waals surface area contributed by atoms with Gasteiger partial charge >= 0.3 is 0 Å². The number of rotatable bonds is 4. The summed E-state index contributed by atoms with van der Waals surface area (Å²) in [5.41, 5.74) is 0.508.